The first-order valence-electron chi connectivity index (χ1n) is 9.34. The van der Waals surface area contributed by atoms with Gasteiger partial charge in [-0.2, -0.15) is 4.98 Å². The Kier molecular flexibility index (Phi) is 4.34. The molecule has 2 aromatic rings. The summed E-state index contributed by atoms with van der Waals surface area (Å²) in [6.45, 7) is 12.1. The molecule has 7 nitrogen and oxygen atoms in total. The van der Waals surface area contributed by atoms with Crippen LogP contribution in [-0.2, 0) is 6.54 Å². The fourth-order valence-electron chi connectivity index (χ4n) is 4.30. The van der Waals surface area contributed by atoms with E-state index >= 15 is 0 Å². The lowest BCUT2D eigenvalue weighted by Gasteiger charge is -2.23. The van der Waals surface area contributed by atoms with Crippen molar-refractivity contribution in [2.45, 2.75) is 34.2 Å². The summed E-state index contributed by atoms with van der Waals surface area (Å²) in [5.41, 5.74) is 0.710. The first-order valence-corrected chi connectivity index (χ1v) is 9.34. The largest absolute Gasteiger partial charge is 0.466 e. The van der Waals surface area contributed by atoms with Crippen LogP contribution in [0.15, 0.2) is 15.0 Å². The van der Waals surface area contributed by atoms with Crippen LogP contribution in [0.3, 0.4) is 0 Å². The van der Waals surface area contributed by atoms with Crippen molar-refractivity contribution in [1.29, 1.82) is 0 Å². The van der Waals surface area contributed by atoms with Gasteiger partial charge in [0.15, 0.2) is 5.82 Å². The number of amides is 1. The second kappa shape index (κ2) is 6.54. The van der Waals surface area contributed by atoms with Gasteiger partial charge in [0.05, 0.1) is 12.1 Å². The number of nitrogens with zero attached hydrogens (tertiary/aromatic N) is 4. The number of likely N-dealkylation sites (tertiary alicyclic amines) is 1. The highest BCUT2D eigenvalue weighted by Crippen LogP contribution is 2.52. The van der Waals surface area contributed by atoms with Crippen LogP contribution < -0.4 is 0 Å². The van der Waals surface area contributed by atoms with Gasteiger partial charge in [0, 0.05) is 19.6 Å². The van der Waals surface area contributed by atoms with Crippen molar-refractivity contribution in [3.63, 3.8) is 0 Å². The van der Waals surface area contributed by atoms with Gasteiger partial charge in [-0.1, -0.05) is 12.1 Å². The van der Waals surface area contributed by atoms with Gasteiger partial charge < -0.3 is 13.8 Å². The Morgan fingerprint density at radius 3 is 2.58 bits per heavy atom. The van der Waals surface area contributed by atoms with Crippen molar-refractivity contribution in [3.8, 4) is 0 Å². The molecule has 2 aliphatic rings. The molecule has 26 heavy (non-hydrogen) atoms. The van der Waals surface area contributed by atoms with Crippen molar-refractivity contribution in [3.05, 3.63) is 34.9 Å². The smallest absolute Gasteiger partial charge is 0.257 e. The lowest BCUT2D eigenvalue weighted by molar-refractivity contribution is 0.0761. The van der Waals surface area contributed by atoms with Gasteiger partial charge in [-0.3, -0.25) is 9.69 Å². The Bertz CT molecular complexity index is 800. The molecule has 0 N–H and O–H groups in total. The van der Waals surface area contributed by atoms with E-state index in [-0.39, 0.29) is 5.91 Å². The molecule has 0 spiro atoms. The third kappa shape index (κ3) is 3.16. The molecule has 1 aliphatic carbocycles. The minimum absolute atomic E-state index is 0.110. The average Bonchev–Trinajstić information content (AvgIpc) is 3.00. The zero-order valence-corrected chi connectivity index (χ0v) is 15.9. The quantitative estimate of drug-likeness (QED) is 0.789. The zero-order valence-electron chi connectivity index (χ0n) is 15.9. The average molecular weight is 358 g/mol. The summed E-state index contributed by atoms with van der Waals surface area (Å²) in [5.74, 6) is 4.88. The van der Waals surface area contributed by atoms with E-state index in [0.717, 1.165) is 37.7 Å². The van der Waals surface area contributed by atoms with E-state index in [1.165, 1.54) is 0 Å². The zero-order chi connectivity index (χ0) is 18.4. The first kappa shape index (κ1) is 17.3. The summed E-state index contributed by atoms with van der Waals surface area (Å²) in [7, 11) is 0. The number of fused-ring (bicyclic) bond motifs is 1. The van der Waals surface area contributed by atoms with E-state index in [9.17, 15) is 4.79 Å². The van der Waals surface area contributed by atoms with Gasteiger partial charge >= 0.3 is 0 Å². The normalized spacial score (nSPS) is 24.3. The fraction of sp³-hybridized carbons (Fsp3) is 0.632. The van der Waals surface area contributed by atoms with Crippen LogP contribution in [0, 0.1) is 38.5 Å². The van der Waals surface area contributed by atoms with Crippen molar-refractivity contribution >= 4 is 5.91 Å². The molecule has 2 atom stereocenters. The van der Waals surface area contributed by atoms with E-state index in [1.807, 2.05) is 31.7 Å². The summed E-state index contributed by atoms with van der Waals surface area (Å²) >= 11 is 0. The second-order valence-electron chi connectivity index (χ2n) is 7.59. The van der Waals surface area contributed by atoms with Crippen LogP contribution in [-0.4, -0.2) is 52.0 Å². The van der Waals surface area contributed by atoms with E-state index in [4.69, 9.17) is 8.94 Å². The Balaban J connectivity index is 1.31. The Morgan fingerprint density at radius 1 is 1.31 bits per heavy atom. The number of aryl methyl sites for hydroxylation is 3. The number of rotatable bonds is 6. The van der Waals surface area contributed by atoms with E-state index < -0.39 is 0 Å². The lowest BCUT2D eigenvalue weighted by atomic mass is 10.2. The summed E-state index contributed by atoms with van der Waals surface area (Å²) in [6.07, 6.45) is 0. The maximum Gasteiger partial charge on any atom is 0.257 e. The highest BCUT2D eigenvalue weighted by molar-refractivity contribution is 5.95. The monoisotopic (exact) mass is 358 g/mol. The minimum Gasteiger partial charge on any atom is -0.466 e. The lowest BCUT2D eigenvalue weighted by Crippen LogP contribution is -2.34. The summed E-state index contributed by atoms with van der Waals surface area (Å²) in [4.78, 5) is 21.3. The van der Waals surface area contributed by atoms with Gasteiger partial charge in [0.1, 0.15) is 11.5 Å². The van der Waals surface area contributed by atoms with Crippen LogP contribution in [0.25, 0.3) is 0 Å². The number of hydrogen-bond acceptors (Lipinski definition) is 6. The van der Waals surface area contributed by atoms with Crippen LogP contribution in [0.2, 0.25) is 0 Å². The maximum atomic E-state index is 12.7. The van der Waals surface area contributed by atoms with Gasteiger partial charge in [-0.25, -0.2) is 0 Å². The SMILES string of the molecule is CCN(Cc1nc(C)no1)CC1C2CN(C(=O)c3cc(C)oc3C)CC12. The topological polar surface area (TPSA) is 75.6 Å². The van der Waals surface area contributed by atoms with Crippen molar-refractivity contribution < 1.29 is 13.7 Å². The predicted octanol–water partition coefficient (Wildman–Crippen LogP) is 2.43. The van der Waals surface area contributed by atoms with Crippen molar-refractivity contribution in [1.82, 2.24) is 19.9 Å². The van der Waals surface area contributed by atoms with Gasteiger partial charge in [-0.15, -0.1) is 0 Å². The first-order chi connectivity index (χ1) is 12.5. The number of aromatic nitrogens is 2. The highest BCUT2D eigenvalue weighted by atomic mass is 16.5. The molecule has 2 aromatic heterocycles. The molecule has 1 saturated heterocycles. The third-order valence-electron chi connectivity index (χ3n) is 5.77. The molecule has 0 aromatic carbocycles. The summed E-state index contributed by atoms with van der Waals surface area (Å²) < 4.78 is 10.7. The van der Waals surface area contributed by atoms with Crippen LogP contribution in [0.5, 0.6) is 0 Å². The molecule has 140 valence electrons. The third-order valence-corrected chi connectivity index (χ3v) is 5.77. The molecule has 4 rings (SSSR count). The van der Waals surface area contributed by atoms with Gasteiger partial charge in [0.2, 0.25) is 5.89 Å². The van der Waals surface area contributed by atoms with Crippen molar-refractivity contribution in [2.24, 2.45) is 17.8 Å². The molecule has 2 fully saturated rings. The van der Waals surface area contributed by atoms with Crippen LogP contribution >= 0.6 is 0 Å². The van der Waals surface area contributed by atoms with E-state index in [1.54, 1.807) is 0 Å². The Labute approximate surface area is 153 Å². The molecule has 0 bridgehead atoms. The molecule has 1 aliphatic heterocycles. The number of hydrogen-bond donors (Lipinski definition) is 0. The van der Waals surface area contributed by atoms with Gasteiger partial charge in [0.25, 0.3) is 5.91 Å². The number of carbonyl (C=O) groups excluding carboxylic acids is 1. The number of furan rings is 1. The molecule has 1 amide bonds. The van der Waals surface area contributed by atoms with E-state index in [2.05, 4.69) is 22.0 Å². The fourth-order valence-corrected chi connectivity index (χ4v) is 4.30. The highest BCUT2D eigenvalue weighted by Gasteiger charge is 2.56. The van der Waals surface area contributed by atoms with Crippen LogP contribution in [0.4, 0.5) is 0 Å². The molecule has 2 unspecified atom stereocenters. The molecular formula is C19H26N4O3. The summed E-state index contributed by atoms with van der Waals surface area (Å²) in [6, 6.07) is 1.85. The predicted molar refractivity (Wildman–Crippen MR) is 94.5 cm³/mol. The van der Waals surface area contributed by atoms with Crippen molar-refractivity contribution in [2.75, 3.05) is 26.2 Å². The molecule has 7 heteroatoms. The molecular weight excluding hydrogens is 332 g/mol. The molecule has 0 radical (unpaired) electrons. The van der Waals surface area contributed by atoms with Crippen LogP contribution in [0.1, 0.15) is 40.5 Å². The standard InChI is InChI=1S/C19H26N4O3/c1-5-22(10-18-20-13(4)21-26-18)7-15-16-8-23(9-17(15)16)19(24)14-6-11(2)25-12(14)3/h6,15-17H,5,7-10H2,1-4H3. The number of piperidine rings is 1. The second-order valence-corrected chi connectivity index (χ2v) is 7.59. The minimum atomic E-state index is 0.110. The Hall–Kier alpha value is -2.15. The maximum absolute atomic E-state index is 12.7. The van der Waals surface area contributed by atoms with Gasteiger partial charge in [-0.05, 0) is 51.1 Å². The Morgan fingerprint density at radius 2 is 2.04 bits per heavy atom. The summed E-state index contributed by atoms with van der Waals surface area (Å²) in [5, 5.41) is 3.86. The molecule has 1 saturated carbocycles. The molecule has 3 heterocycles. The number of carbonyl (C=O) groups is 1. The van der Waals surface area contributed by atoms with E-state index in [0.29, 0.717) is 41.6 Å².